The minimum absolute atomic E-state index is 0.389. The summed E-state index contributed by atoms with van der Waals surface area (Å²) in [4.78, 5) is 4.33. The Hall–Kier alpha value is -0.850. The summed E-state index contributed by atoms with van der Waals surface area (Å²) in [6.07, 6.45) is 1.72. The number of benzene rings is 1. The molecule has 1 aromatic carbocycles. The highest BCUT2D eigenvalue weighted by Crippen LogP contribution is 2.34. The minimum atomic E-state index is 0.389. The van der Waals surface area contributed by atoms with Crippen molar-refractivity contribution in [2.45, 2.75) is 0 Å². The van der Waals surface area contributed by atoms with E-state index in [1.165, 1.54) is 0 Å². The van der Waals surface area contributed by atoms with Gasteiger partial charge in [0.1, 0.15) is 12.1 Å². The summed E-state index contributed by atoms with van der Waals surface area (Å²) >= 11 is 8.37. The zero-order chi connectivity index (χ0) is 13.1. The number of hydrogen-bond donors (Lipinski definition) is 1. The SMILES string of the molecule is C=C(CN)COc1c(I)cc(Cl)c2cccnc12. The summed E-state index contributed by atoms with van der Waals surface area (Å²) in [6, 6.07) is 5.64. The van der Waals surface area contributed by atoms with Crippen molar-refractivity contribution in [2.75, 3.05) is 13.2 Å². The van der Waals surface area contributed by atoms with Crippen molar-refractivity contribution in [1.82, 2.24) is 4.98 Å². The van der Waals surface area contributed by atoms with Crippen LogP contribution in [0, 0.1) is 3.57 Å². The van der Waals surface area contributed by atoms with E-state index in [4.69, 9.17) is 22.1 Å². The van der Waals surface area contributed by atoms with Crippen molar-refractivity contribution >= 4 is 45.1 Å². The fourth-order valence-corrected chi connectivity index (χ4v) is 2.69. The van der Waals surface area contributed by atoms with Gasteiger partial charge in [0.15, 0.2) is 5.75 Å². The first-order valence-corrected chi connectivity index (χ1v) is 6.81. The predicted molar refractivity (Wildman–Crippen MR) is 83.2 cm³/mol. The molecule has 0 amide bonds. The molecule has 2 N–H and O–H groups in total. The van der Waals surface area contributed by atoms with E-state index < -0.39 is 0 Å². The largest absolute Gasteiger partial charge is 0.486 e. The van der Waals surface area contributed by atoms with Gasteiger partial charge in [-0.1, -0.05) is 18.2 Å². The lowest BCUT2D eigenvalue weighted by molar-refractivity contribution is 0.352. The lowest BCUT2D eigenvalue weighted by Crippen LogP contribution is -2.10. The van der Waals surface area contributed by atoms with Crippen LogP contribution in [0.15, 0.2) is 36.5 Å². The van der Waals surface area contributed by atoms with E-state index >= 15 is 0 Å². The lowest BCUT2D eigenvalue weighted by Gasteiger charge is -2.12. The number of halogens is 2. The Morgan fingerprint density at radius 2 is 2.33 bits per heavy atom. The topological polar surface area (TPSA) is 48.1 Å². The third kappa shape index (κ3) is 2.76. The van der Waals surface area contributed by atoms with Crippen LogP contribution in [0.1, 0.15) is 0 Å². The first kappa shape index (κ1) is 13.6. The van der Waals surface area contributed by atoms with Crippen LogP contribution in [0.3, 0.4) is 0 Å². The monoisotopic (exact) mass is 374 g/mol. The van der Waals surface area contributed by atoms with Crippen molar-refractivity contribution < 1.29 is 4.74 Å². The minimum Gasteiger partial charge on any atom is -0.486 e. The molecule has 94 valence electrons. The van der Waals surface area contributed by atoms with Gasteiger partial charge in [-0.3, -0.25) is 4.98 Å². The average molecular weight is 375 g/mol. The van der Waals surface area contributed by atoms with Gasteiger partial charge < -0.3 is 10.5 Å². The number of pyridine rings is 1. The maximum Gasteiger partial charge on any atom is 0.159 e. The molecule has 2 rings (SSSR count). The molecule has 0 aliphatic carbocycles. The third-order valence-electron chi connectivity index (χ3n) is 2.46. The number of nitrogens with zero attached hydrogens (tertiary/aromatic N) is 1. The molecule has 0 spiro atoms. The summed E-state index contributed by atoms with van der Waals surface area (Å²) in [7, 11) is 0. The van der Waals surface area contributed by atoms with E-state index in [9.17, 15) is 0 Å². The van der Waals surface area contributed by atoms with Gasteiger partial charge in [-0.15, -0.1) is 0 Å². The molecule has 0 saturated heterocycles. The van der Waals surface area contributed by atoms with Gasteiger partial charge in [0.25, 0.3) is 0 Å². The molecule has 0 aliphatic heterocycles. The van der Waals surface area contributed by atoms with Crippen LogP contribution in [0.2, 0.25) is 5.02 Å². The highest BCUT2D eigenvalue weighted by atomic mass is 127. The maximum atomic E-state index is 6.19. The second-order valence-electron chi connectivity index (χ2n) is 3.81. The number of fused-ring (bicyclic) bond motifs is 1. The van der Waals surface area contributed by atoms with Gasteiger partial charge in [-0.05, 0) is 46.4 Å². The van der Waals surface area contributed by atoms with E-state index in [0.717, 1.165) is 25.8 Å². The smallest absolute Gasteiger partial charge is 0.159 e. The van der Waals surface area contributed by atoms with Gasteiger partial charge >= 0.3 is 0 Å². The van der Waals surface area contributed by atoms with E-state index in [1.54, 1.807) is 6.20 Å². The van der Waals surface area contributed by atoms with Crippen LogP contribution in [0.4, 0.5) is 0 Å². The first-order chi connectivity index (χ1) is 8.63. The summed E-state index contributed by atoms with van der Waals surface area (Å²) in [5.74, 6) is 0.727. The quantitative estimate of drug-likeness (QED) is 0.659. The maximum absolute atomic E-state index is 6.19. The van der Waals surface area contributed by atoms with Crippen molar-refractivity contribution in [3.8, 4) is 5.75 Å². The Balaban J connectivity index is 2.46. The molecule has 0 fully saturated rings. The molecule has 0 bridgehead atoms. The van der Waals surface area contributed by atoms with E-state index in [1.807, 2.05) is 18.2 Å². The number of rotatable bonds is 4. The third-order valence-corrected chi connectivity index (χ3v) is 3.57. The van der Waals surface area contributed by atoms with Crippen LogP contribution in [-0.2, 0) is 0 Å². The van der Waals surface area contributed by atoms with E-state index in [2.05, 4.69) is 34.2 Å². The van der Waals surface area contributed by atoms with E-state index in [-0.39, 0.29) is 0 Å². The molecule has 0 aliphatic rings. The Labute approximate surface area is 124 Å². The van der Waals surface area contributed by atoms with Gasteiger partial charge in [-0.2, -0.15) is 0 Å². The number of aromatic nitrogens is 1. The van der Waals surface area contributed by atoms with Gasteiger partial charge in [0.05, 0.1) is 8.59 Å². The molecular formula is C13H12ClIN2O. The average Bonchev–Trinajstić information content (AvgIpc) is 2.38. The molecule has 0 saturated carbocycles. The van der Waals surface area contributed by atoms with Gasteiger partial charge in [-0.25, -0.2) is 0 Å². The molecule has 5 heteroatoms. The number of nitrogens with two attached hydrogens (primary N) is 1. The summed E-state index contributed by atoms with van der Waals surface area (Å²) in [5.41, 5.74) is 7.09. The molecule has 18 heavy (non-hydrogen) atoms. The van der Waals surface area contributed by atoms with Crippen LogP contribution >= 0.6 is 34.2 Å². The van der Waals surface area contributed by atoms with Crippen LogP contribution in [-0.4, -0.2) is 18.1 Å². The van der Waals surface area contributed by atoms with Crippen LogP contribution < -0.4 is 10.5 Å². The fourth-order valence-electron chi connectivity index (χ4n) is 1.52. The van der Waals surface area contributed by atoms with Gasteiger partial charge in [0, 0.05) is 18.1 Å². The summed E-state index contributed by atoms with van der Waals surface area (Å²) in [5, 5.41) is 1.56. The van der Waals surface area contributed by atoms with Crippen molar-refractivity contribution in [3.05, 3.63) is 45.1 Å². The molecule has 1 aromatic heterocycles. The molecule has 2 aromatic rings. The number of hydrogen-bond acceptors (Lipinski definition) is 3. The lowest BCUT2D eigenvalue weighted by atomic mass is 10.2. The second-order valence-corrected chi connectivity index (χ2v) is 5.38. The molecule has 0 radical (unpaired) electrons. The fraction of sp³-hybridized carbons (Fsp3) is 0.154. The molecule has 0 atom stereocenters. The van der Waals surface area contributed by atoms with Crippen molar-refractivity contribution in [3.63, 3.8) is 0 Å². The van der Waals surface area contributed by atoms with Crippen LogP contribution in [0.5, 0.6) is 5.75 Å². The van der Waals surface area contributed by atoms with Crippen molar-refractivity contribution in [1.29, 1.82) is 0 Å². The first-order valence-electron chi connectivity index (χ1n) is 5.35. The summed E-state index contributed by atoms with van der Waals surface area (Å²) < 4.78 is 6.67. The molecular weight excluding hydrogens is 363 g/mol. The standard InChI is InChI=1S/C13H12ClIN2O/c1-8(6-16)7-18-13-11(15)5-10(14)9-3-2-4-17-12(9)13/h2-5H,1,6-7,16H2. The molecule has 1 heterocycles. The zero-order valence-corrected chi connectivity index (χ0v) is 12.5. The van der Waals surface area contributed by atoms with Gasteiger partial charge in [0.2, 0.25) is 0 Å². The highest BCUT2D eigenvalue weighted by molar-refractivity contribution is 14.1. The zero-order valence-electron chi connectivity index (χ0n) is 9.62. The summed E-state index contributed by atoms with van der Waals surface area (Å²) in [6.45, 7) is 4.62. The second kappa shape index (κ2) is 5.86. The highest BCUT2D eigenvalue weighted by Gasteiger charge is 2.12. The molecule has 0 unspecified atom stereocenters. The number of ether oxygens (including phenoxy) is 1. The normalized spacial score (nSPS) is 10.6. The Kier molecular flexibility index (Phi) is 4.42. The van der Waals surface area contributed by atoms with Crippen LogP contribution in [0.25, 0.3) is 10.9 Å². The van der Waals surface area contributed by atoms with Crippen molar-refractivity contribution in [2.24, 2.45) is 5.73 Å². The predicted octanol–water partition coefficient (Wildman–Crippen LogP) is 3.39. The molecule has 3 nitrogen and oxygen atoms in total. The Morgan fingerprint density at radius 3 is 3.06 bits per heavy atom. The Morgan fingerprint density at radius 1 is 1.56 bits per heavy atom. The Bertz CT molecular complexity index is 601. The van der Waals surface area contributed by atoms with E-state index in [0.29, 0.717) is 18.2 Å².